The zero-order valence-electron chi connectivity index (χ0n) is 9.35. The fraction of sp³-hybridized carbons (Fsp3) is 0.818. The van der Waals surface area contributed by atoms with E-state index in [2.05, 4.69) is 11.5 Å². The molecule has 0 aliphatic carbocycles. The van der Waals surface area contributed by atoms with Gasteiger partial charge in [-0.15, -0.1) is 0 Å². The third-order valence-electron chi connectivity index (χ3n) is 3.17. The number of aliphatic hydroxyl groups is 1. The lowest BCUT2D eigenvalue weighted by Gasteiger charge is -2.23. The first-order chi connectivity index (χ1) is 7.04. The Morgan fingerprint density at radius 1 is 1.53 bits per heavy atom. The molecule has 1 N–H and O–H groups in total. The highest BCUT2D eigenvalue weighted by Gasteiger charge is 2.46. The van der Waals surface area contributed by atoms with Gasteiger partial charge in [0.15, 0.2) is 5.79 Å². The predicted molar refractivity (Wildman–Crippen MR) is 56.5 cm³/mol. The standard InChI is InChI=1S/C11H19NO3/c1-4-11(2)14-9-5-6-12(3)7-8(13)10(9)15-11/h4,8-10,13H,1,5-7H2,2-3H3. The zero-order valence-corrected chi connectivity index (χ0v) is 9.35. The van der Waals surface area contributed by atoms with E-state index in [1.165, 1.54) is 0 Å². The predicted octanol–water partition coefficient (Wildman–Crippen LogP) is 0.369. The van der Waals surface area contributed by atoms with Crippen LogP contribution in [0.25, 0.3) is 0 Å². The molecule has 4 nitrogen and oxygen atoms in total. The first-order valence-electron chi connectivity index (χ1n) is 5.40. The second kappa shape index (κ2) is 3.87. The molecular weight excluding hydrogens is 194 g/mol. The first-order valence-corrected chi connectivity index (χ1v) is 5.40. The van der Waals surface area contributed by atoms with E-state index in [-0.39, 0.29) is 12.2 Å². The maximum Gasteiger partial charge on any atom is 0.185 e. The summed E-state index contributed by atoms with van der Waals surface area (Å²) < 4.78 is 11.5. The van der Waals surface area contributed by atoms with Gasteiger partial charge in [0.1, 0.15) is 6.10 Å². The summed E-state index contributed by atoms with van der Waals surface area (Å²) in [4.78, 5) is 2.10. The summed E-state index contributed by atoms with van der Waals surface area (Å²) in [5.74, 6) is -0.730. The molecule has 0 spiro atoms. The van der Waals surface area contributed by atoms with E-state index in [9.17, 15) is 5.11 Å². The smallest absolute Gasteiger partial charge is 0.185 e. The van der Waals surface area contributed by atoms with Gasteiger partial charge < -0.3 is 19.5 Å². The van der Waals surface area contributed by atoms with Gasteiger partial charge in [0.2, 0.25) is 0 Å². The topological polar surface area (TPSA) is 41.9 Å². The lowest BCUT2D eigenvalue weighted by molar-refractivity contribution is -0.136. The van der Waals surface area contributed by atoms with Gasteiger partial charge in [-0.3, -0.25) is 0 Å². The van der Waals surface area contributed by atoms with Crippen molar-refractivity contribution in [2.24, 2.45) is 0 Å². The van der Waals surface area contributed by atoms with E-state index in [0.29, 0.717) is 6.54 Å². The molecule has 4 unspecified atom stereocenters. The molecular formula is C11H19NO3. The van der Waals surface area contributed by atoms with Crippen LogP contribution >= 0.6 is 0 Å². The Hall–Kier alpha value is -0.420. The molecule has 0 saturated carbocycles. The quantitative estimate of drug-likeness (QED) is 0.639. The van der Waals surface area contributed by atoms with Crippen molar-refractivity contribution >= 4 is 0 Å². The van der Waals surface area contributed by atoms with Crippen LogP contribution in [0.15, 0.2) is 12.7 Å². The summed E-state index contributed by atoms with van der Waals surface area (Å²) in [5, 5.41) is 9.98. The summed E-state index contributed by atoms with van der Waals surface area (Å²) in [7, 11) is 2.00. The van der Waals surface area contributed by atoms with Crippen molar-refractivity contribution in [1.82, 2.24) is 4.90 Å². The van der Waals surface area contributed by atoms with Crippen molar-refractivity contribution in [3.8, 4) is 0 Å². The van der Waals surface area contributed by atoms with Gasteiger partial charge in [-0.05, 0) is 26.5 Å². The fourth-order valence-electron chi connectivity index (χ4n) is 2.25. The van der Waals surface area contributed by atoms with Gasteiger partial charge in [0.05, 0.1) is 12.2 Å². The molecule has 2 saturated heterocycles. The van der Waals surface area contributed by atoms with Crippen LogP contribution < -0.4 is 0 Å². The SMILES string of the molecule is C=CC1(C)OC2CCN(C)CC(O)C2O1. The molecule has 2 aliphatic rings. The van der Waals surface area contributed by atoms with Crippen molar-refractivity contribution in [3.63, 3.8) is 0 Å². The first kappa shape index (κ1) is 11.1. The van der Waals surface area contributed by atoms with Crippen LogP contribution in [0.4, 0.5) is 0 Å². The van der Waals surface area contributed by atoms with Gasteiger partial charge in [-0.25, -0.2) is 0 Å². The number of ether oxygens (including phenoxy) is 2. The number of hydrogen-bond acceptors (Lipinski definition) is 4. The number of aliphatic hydroxyl groups excluding tert-OH is 1. The number of rotatable bonds is 1. The molecule has 0 radical (unpaired) electrons. The van der Waals surface area contributed by atoms with E-state index in [1.54, 1.807) is 6.08 Å². The highest BCUT2D eigenvalue weighted by Crippen LogP contribution is 2.34. The van der Waals surface area contributed by atoms with Crippen LogP contribution in [0, 0.1) is 0 Å². The molecule has 2 aliphatic heterocycles. The van der Waals surface area contributed by atoms with Crippen molar-refractivity contribution in [1.29, 1.82) is 0 Å². The molecule has 4 atom stereocenters. The molecule has 4 heteroatoms. The number of nitrogens with zero attached hydrogens (tertiary/aromatic N) is 1. The average Bonchev–Trinajstić information content (AvgIpc) is 2.48. The summed E-state index contributed by atoms with van der Waals surface area (Å²) >= 11 is 0. The Morgan fingerprint density at radius 3 is 2.93 bits per heavy atom. The Balaban J connectivity index is 2.12. The summed E-state index contributed by atoms with van der Waals surface area (Å²) in [5.41, 5.74) is 0. The van der Waals surface area contributed by atoms with Gasteiger partial charge in [0.25, 0.3) is 0 Å². The maximum atomic E-state index is 9.98. The van der Waals surface area contributed by atoms with Crippen molar-refractivity contribution in [3.05, 3.63) is 12.7 Å². The molecule has 0 bridgehead atoms. The average molecular weight is 213 g/mol. The maximum absolute atomic E-state index is 9.98. The molecule has 0 aromatic carbocycles. The third-order valence-corrected chi connectivity index (χ3v) is 3.17. The van der Waals surface area contributed by atoms with Crippen LogP contribution in [0.1, 0.15) is 13.3 Å². The largest absolute Gasteiger partial charge is 0.389 e. The van der Waals surface area contributed by atoms with E-state index in [4.69, 9.17) is 9.47 Å². The van der Waals surface area contributed by atoms with Crippen LogP contribution in [0.5, 0.6) is 0 Å². The van der Waals surface area contributed by atoms with E-state index < -0.39 is 11.9 Å². The Labute approximate surface area is 90.5 Å². The normalized spacial score (nSPS) is 47.3. The molecule has 0 aromatic heterocycles. The summed E-state index contributed by atoms with van der Waals surface area (Å²) in [6.07, 6.45) is 1.81. The monoisotopic (exact) mass is 213 g/mol. The Kier molecular flexibility index (Phi) is 2.85. The van der Waals surface area contributed by atoms with Crippen molar-refractivity contribution in [2.45, 2.75) is 37.4 Å². The lowest BCUT2D eigenvalue weighted by atomic mass is 10.1. The van der Waals surface area contributed by atoms with Gasteiger partial charge in [-0.2, -0.15) is 0 Å². The minimum atomic E-state index is -0.730. The minimum Gasteiger partial charge on any atom is -0.389 e. The second-order valence-corrected chi connectivity index (χ2v) is 4.58. The third kappa shape index (κ3) is 2.08. The molecule has 86 valence electrons. The number of β-amino-alcohol motifs (C(OH)–C–C–N with tert-alkyl or cyclic N) is 1. The summed E-state index contributed by atoms with van der Waals surface area (Å²) in [6, 6.07) is 0. The molecule has 15 heavy (non-hydrogen) atoms. The molecule has 2 heterocycles. The highest BCUT2D eigenvalue weighted by atomic mass is 16.8. The summed E-state index contributed by atoms with van der Waals surface area (Å²) in [6.45, 7) is 7.09. The Bertz CT molecular complexity index is 258. The van der Waals surface area contributed by atoms with Crippen LogP contribution in [0.2, 0.25) is 0 Å². The fourth-order valence-corrected chi connectivity index (χ4v) is 2.25. The van der Waals surface area contributed by atoms with Crippen LogP contribution in [-0.4, -0.2) is 54.2 Å². The Morgan fingerprint density at radius 2 is 2.27 bits per heavy atom. The second-order valence-electron chi connectivity index (χ2n) is 4.58. The zero-order chi connectivity index (χ0) is 11.1. The minimum absolute atomic E-state index is 0.0204. The number of hydrogen-bond donors (Lipinski definition) is 1. The lowest BCUT2D eigenvalue weighted by Crippen LogP contribution is -2.38. The molecule has 2 rings (SSSR count). The number of fused-ring (bicyclic) bond motifs is 1. The van der Waals surface area contributed by atoms with Gasteiger partial charge in [0, 0.05) is 13.1 Å². The highest BCUT2D eigenvalue weighted by molar-refractivity contribution is 4.98. The van der Waals surface area contributed by atoms with Crippen LogP contribution in [0.3, 0.4) is 0 Å². The molecule has 0 aromatic rings. The molecule has 0 amide bonds. The van der Waals surface area contributed by atoms with Crippen molar-refractivity contribution < 1.29 is 14.6 Å². The van der Waals surface area contributed by atoms with E-state index >= 15 is 0 Å². The van der Waals surface area contributed by atoms with Crippen molar-refractivity contribution in [2.75, 3.05) is 20.1 Å². The van der Waals surface area contributed by atoms with E-state index in [1.807, 2.05) is 14.0 Å². The number of likely N-dealkylation sites (N-methyl/N-ethyl adjacent to an activating group) is 1. The van der Waals surface area contributed by atoms with Gasteiger partial charge in [-0.1, -0.05) is 6.58 Å². The van der Waals surface area contributed by atoms with Crippen LogP contribution in [-0.2, 0) is 9.47 Å². The number of likely N-dealkylation sites (tertiary alicyclic amines) is 1. The van der Waals surface area contributed by atoms with E-state index in [0.717, 1.165) is 13.0 Å². The van der Waals surface area contributed by atoms with Gasteiger partial charge >= 0.3 is 0 Å². The molecule has 2 fully saturated rings.